The molecule has 12 heteroatoms. The van der Waals surface area contributed by atoms with Crippen LogP contribution in [0.25, 0.3) is 0 Å². The number of amides is 1. The number of ether oxygens (including phenoxy) is 1. The molecule has 2 aliphatic heterocycles. The molecule has 2 aromatic heterocycles. The van der Waals surface area contributed by atoms with Gasteiger partial charge < -0.3 is 23.9 Å². The molecule has 212 valence electrons. The van der Waals surface area contributed by atoms with Crippen LogP contribution in [0.5, 0.6) is 0 Å². The van der Waals surface area contributed by atoms with E-state index >= 15 is 0 Å². The van der Waals surface area contributed by atoms with Crippen LogP contribution >= 0.6 is 0 Å². The number of oxazole rings is 1. The van der Waals surface area contributed by atoms with Gasteiger partial charge in [-0.1, -0.05) is 13.0 Å². The molecular formula is C27H34F3N5O4. The summed E-state index contributed by atoms with van der Waals surface area (Å²) in [5.74, 6) is -0.583. The van der Waals surface area contributed by atoms with Crippen LogP contribution in [-0.4, -0.2) is 72.1 Å². The van der Waals surface area contributed by atoms with Crippen molar-refractivity contribution in [2.75, 3.05) is 49.1 Å². The molecule has 0 radical (unpaired) electrons. The summed E-state index contributed by atoms with van der Waals surface area (Å²) in [6.45, 7) is 5.28. The Labute approximate surface area is 225 Å². The van der Waals surface area contributed by atoms with E-state index in [2.05, 4.69) is 9.97 Å². The Hall–Kier alpha value is -3.31. The Bertz CT molecular complexity index is 1160. The van der Waals surface area contributed by atoms with E-state index in [-0.39, 0.29) is 24.6 Å². The molecule has 4 heterocycles. The molecule has 5 rings (SSSR count). The summed E-state index contributed by atoms with van der Waals surface area (Å²) >= 11 is 0. The van der Waals surface area contributed by atoms with Gasteiger partial charge in [0.2, 0.25) is 11.5 Å². The third-order valence-electron chi connectivity index (χ3n) is 7.67. The largest absolute Gasteiger partial charge is 0.446 e. The molecule has 39 heavy (non-hydrogen) atoms. The van der Waals surface area contributed by atoms with Crippen molar-refractivity contribution in [1.82, 2.24) is 14.9 Å². The first-order chi connectivity index (χ1) is 18.7. The number of rotatable bonds is 6. The number of hydrogen-bond acceptors (Lipinski definition) is 8. The van der Waals surface area contributed by atoms with Crippen LogP contribution in [-0.2, 0) is 17.3 Å². The quantitative estimate of drug-likeness (QED) is 0.468. The van der Waals surface area contributed by atoms with Crippen molar-refractivity contribution in [3.63, 3.8) is 0 Å². The summed E-state index contributed by atoms with van der Waals surface area (Å²) in [5.41, 5.74) is -0.810. The van der Waals surface area contributed by atoms with Crippen LogP contribution in [0.1, 0.15) is 67.3 Å². The van der Waals surface area contributed by atoms with Crippen molar-refractivity contribution >= 4 is 23.7 Å². The van der Waals surface area contributed by atoms with Gasteiger partial charge in [-0.15, -0.1) is 0 Å². The molecule has 1 aliphatic carbocycles. The van der Waals surface area contributed by atoms with E-state index in [0.717, 1.165) is 38.5 Å². The number of aromatic nitrogens is 2. The van der Waals surface area contributed by atoms with E-state index in [4.69, 9.17) is 9.15 Å². The second-order valence-electron chi connectivity index (χ2n) is 10.8. The van der Waals surface area contributed by atoms with Gasteiger partial charge in [0.25, 0.3) is 6.01 Å². The van der Waals surface area contributed by atoms with Crippen molar-refractivity contribution in [3.8, 4) is 0 Å². The standard InChI is InChI=1S/C27H34F3N5O4/c1-18-5-4-10-35(17-18)25-32-24(27(28,29)30)23(39-25)21(36)15-19-8-9-22(31-16-19)33-11-13-34(14-12-33)26(37)38-20-6-2-3-7-20/h8-9,16,18,20H,2-7,10-15,17H2,1H3. The molecule has 3 aliphatic rings. The SMILES string of the molecule is CC1CCCN(c2nc(C(F)(F)F)c(C(=O)Cc3ccc(N4CCN(C(=O)OC5CCCC5)CC4)nc3)o2)C1. The van der Waals surface area contributed by atoms with E-state index in [1.807, 2.05) is 11.8 Å². The summed E-state index contributed by atoms with van der Waals surface area (Å²) < 4.78 is 52.1. The molecule has 1 saturated carbocycles. The maximum atomic E-state index is 13.7. The lowest BCUT2D eigenvalue weighted by Crippen LogP contribution is -2.49. The topological polar surface area (TPSA) is 92.0 Å². The van der Waals surface area contributed by atoms with Gasteiger partial charge in [-0.25, -0.2) is 9.78 Å². The maximum Gasteiger partial charge on any atom is 0.437 e. The predicted molar refractivity (Wildman–Crippen MR) is 137 cm³/mol. The van der Waals surface area contributed by atoms with E-state index in [0.29, 0.717) is 56.6 Å². The zero-order chi connectivity index (χ0) is 27.6. The minimum absolute atomic E-state index is 0.0247. The fraction of sp³-hybridized carbons (Fsp3) is 0.630. The average molecular weight is 550 g/mol. The number of Topliss-reactive ketones (excluding diaryl/α,β-unsaturated/α-hetero) is 1. The molecule has 1 unspecified atom stereocenters. The van der Waals surface area contributed by atoms with Gasteiger partial charge in [-0.3, -0.25) is 4.79 Å². The molecular weight excluding hydrogens is 515 g/mol. The normalized spacial score (nSPS) is 20.9. The lowest BCUT2D eigenvalue weighted by molar-refractivity contribution is -0.141. The van der Waals surface area contributed by atoms with Crippen LogP contribution < -0.4 is 9.80 Å². The van der Waals surface area contributed by atoms with Gasteiger partial charge in [0.15, 0.2) is 5.69 Å². The highest BCUT2D eigenvalue weighted by molar-refractivity contribution is 5.96. The van der Waals surface area contributed by atoms with E-state index in [1.54, 1.807) is 21.9 Å². The maximum absolute atomic E-state index is 13.7. The molecule has 2 aromatic rings. The van der Waals surface area contributed by atoms with Crippen molar-refractivity contribution in [3.05, 3.63) is 35.3 Å². The van der Waals surface area contributed by atoms with Gasteiger partial charge in [0, 0.05) is 51.9 Å². The first-order valence-electron chi connectivity index (χ1n) is 13.7. The molecule has 1 atom stereocenters. The first-order valence-corrected chi connectivity index (χ1v) is 13.7. The lowest BCUT2D eigenvalue weighted by atomic mass is 10.0. The monoisotopic (exact) mass is 549 g/mol. The number of nitrogens with zero attached hydrogens (tertiary/aromatic N) is 5. The van der Waals surface area contributed by atoms with Crippen LogP contribution in [0.3, 0.4) is 0 Å². The number of ketones is 1. The number of anilines is 2. The second kappa shape index (κ2) is 11.4. The van der Waals surface area contributed by atoms with Crippen LogP contribution in [0.4, 0.5) is 29.8 Å². The summed E-state index contributed by atoms with van der Waals surface area (Å²) in [7, 11) is 0. The number of hydrogen-bond donors (Lipinski definition) is 0. The van der Waals surface area contributed by atoms with E-state index in [9.17, 15) is 22.8 Å². The highest BCUT2D eigenvalue weighted by Crippen LogP contribution is 2.35. The van der Waals surface area contributed by atoms with Gasteiger partial charge in [0.05, 0.1) is 0 Å². The van der Waals surface area contributed by atoms with E-state index < -0.39 is 23.4 Å². The fourth-order valence-corrected chi connectivity index (χ4v) is 5.50. The Balaban J connectivity index is 1.19. The summed E-state index contributed by atoms with van der Waals surface area (Å²) in [5, 5.41) is 0. The van der Waals surface area contributed by atoms with Gasteiger partial charge in [-0.2, -0.15) is 18.2 Å². The zero-order valence-electron chi connectivity index (χ0n) is 22.1. The average Bonchev–Trinajstić information content (AvgIpc) is 3.60. The second-order valence-corrected chi connectivity index (χ2v) is 10.8. The summed E-state index contributed by atoms with van der Waals surface area (Å²) in [4.78, 5) is 38.8. The molecule has 3 fully saturated rings. The minimum Gasteiger partial charge on any atom is -0.446 e. The minimum atomic E-state index is -4.80. The predicted octanol–water partition coefficient (Wildman–Crippen LogP) is 4.95. The zero-order valence-corrected chi connectivity index (χ0v) is 22.1. The third-order valence-corrected chi connectivity index (χ3v) is 7.67. The number of carbonyl (C=O) groups excluding carboxylic acids is 2. The molecule has 2 saturated heterocycles. The third kappa shape index (κ3) is 6.47. The Kier molecular flexibility index (Phi) is 7.99. The molecule has 0 N–H and O–H groups in total. The number of pyridine rings is 1. The molecule has 9 nitrogen and oxygen atoms in total. The van der Waals surface area contributed by atoms with Crippen molar-refractivity contribution in [2.45, 2.75) is 64.1 Å². The van der Waals surface area contributed by atoms with E-state index in [1.165, 1.54) is 6.20 Å². The Morgan fingerprint density at radius 3 is 2.41 bits per heavy atom. The number of piperidine rings is 1. The van der Waals surface area contributed by atoms with Crippen molar-refractivity contribution in [1.29, 1.82) is 0 Å². The molecule has 0 bridgehead atoms. The Morgan fingerprint density at radius 2 is 1.77 bits per heavy atom. The number of carbonyl (C=O) groups is 2. The fourth-order valence-electron chi connectivity index (χ4n) is 5.50. The highest BCUT2D eigenvalue weighted by atomic mass is 19.4. The highest BCUT2D eigenvalue weighted by Gasteiger charge is 2.42. The van der Waals surface area contributed by atoms with Gasteiger partial charge in [0.1, 0.15) is 11.9 Å². The van der Waals surface area contributed by atoms with Crippen LogP contribution in [0.2, 0.25) is 0 Å². The lowest BCUT2D eigenvalue weighted by Gasteiger charge is -2.35. The first kappa shape index (κ1) is 27.3. The molecule has 0 spiro atoms. The number of alkyl halides is 3. The summed E-state index contributed by atoms with van der Waals surface area (Å²) in [6, 6.07) is 3.26. The van der Waals surface area contributed by atoms with Gasteiger partial charge >= 0.3 is 12.3 Å². The Morgan fingerprint density at radius 1 is 1.03 bits per heavy atom. The number of piperazine rings is 1. The summed E-state index contributed by atoms with van der Waals surface area (Å²) in [6.07, 6.45) is 2.01. The van der Waals surface area contributed by atoms with Crippen molar-refractivity contribution < 1.29 is 31.9 Å². The smallest absolute Gasteiger partial charge is 0.437 e. The van der Waals surface area contributed by atoms with Gasteiger partial charge in [-0.05, 0) is 56.1 Å². The molecule has 0 aromatic carbocycles. The van der Waals surface area contributed by atoms with Crippen LogP contribution in [0.15, 0.2) is 22.7 Å². The van der Waals surface area contributed by atoms with Crippen molar-refractivity contribution in [2.24, 2.45) is 5.92 Å². The van der Waals surface area contributed by atoms with Crippen LogP contribution in [0, 0.1) is 5.92 Å². The molecule has 1 amide bonds. The number of halogens is 3.